The molecule has 2 fully saturated rings. The van der Waals surface area contributed by atoms with E-state index >= 15 is 0 Å². The number of hydrazone groups is 2. The molecule has 6 heteroatoms. The lowest BCUT2D eigenvalue weighted by Crippen LogP contribution is -2.36. The summed E-state index contributed by atoms with van der Waals surface area (Å²) >= 11 is 0. The minimum Gasteiger partial charge on any atom is -0.262 e. The van der Waals surface area contributed by atoms with Crippen molar-refractivity contribution >= 4 is 23.2 Å². The standard InChI is InChI=1S/C16H26N4O2/c1-11-5-3-7-13(9-11)17-19-15(21)16(22)20-18-14-8-4-6-12(2)10-14/h11-12H,3-10H2,1-2H3,(H,19,21)(H,20,22)/b17-13+,18-14+. The number of nitrogens with one attached hydrogen (secondary N) is 2. The second-order valence-corrected chi connectivity index (χ2v) is 6.64. The van der Waals surface area contributed by atoms with Gasteiger partial charge in [-0.15, -0.1) is 0 Å². The third-order valence-corrected chi connectivity index (χ3v) is 4.33. The maximum absolute atomic E-state index is 11.7. The Balaban J connectivity index is 1.78. The van der Waals surface area contributed by atoms with Crippen LogP contribution in [0.4, 0.5) is 0 Å². The third-order valence-electron chi connectivity index (χ3n) is 4.33. The average Bonchev–Trinajstić information content (AvgIpc) is 2.50. The van der Waals surface area contributed by atoms with E-state index in [0.717, 1.165) is 49.9 Å². The Hall–Kier alpha value is -1.72. The zero-order chi connectivity index (χ0) is 15.9. The van der Waals surface area contributed by atoms with Gasteiger partial charge in [-0.05, 0) is 63.2 Å². The first kappa shape index (κ1) is 16.6. The van der Waals surface area contributed by atoms with E-state index in [1.54, 1.807) is 0 Å². The molecule has 0 aliphatic heterocycles. The summed E-state index contributed by atoms with van der Waals surface area (Å²) in [7, 11) is 0. The van der Waals surface area contributed by atoms with Crippen LogP contribution < -0.4 is 10.9 Å². The first-order valence-corrected chi connectivity index (χ1v) is 8.25. The van der Waals surface area contributed by atoms with Crippen LogP contribution in [0.25, 0.3) is 0 Å². The summed E-state index contributed by atoms with van der Waals surface area (Å²) in [6.07, 6.45) is 8.15. The lowest BCUT2D eigenvalue weighted by Gasteiger charge is -2.19. The van der Waals surface area contributed by atoms with Gasteiger partial charge < -0.3 is 0 Å². The van der Waals surface area contributed by atoms with E-state index in [1.165, 1.54) is 12.8 Å². The Bertz CT molecular complexity index is 441. The van der Waals surface area contributed by atoms with Crippen LogP contribution in [0, 0.1) is 11.8 Å². The SMILES string of the molecule is CC1CCC/C(=N\NC(=O)C(=O)N/N=C2\CCCC(C)C2)C1. The van der Waals surface area contributed by atoms with Gasteiger partial charge in [0.1, 0.15) is 0 Å². The van der Waals surface area contributed by atoms with Crippen molar-refractivity contribution in [2.45, 2.75) is 65.2 Å². The summed E-state index contributed by atoms with van der Waals surface area (Å²) in [6.45, 7) is 4.34. The normalized spacial score (nSPS) is 29.4. The largest absolute Gasteiger partial charge is 0.331 e. The molecular weight excluding hydrogens is 280 g/mol. The Kier molecular flexibility index (Phi) is 6.10. The quantitative estimate of drug-likeness (QED) is 0.606. The predicted molar refractivity (Wildman–Crippen MR) is 86.4 cm³/mol. The van der Waals surface area contributed by atoms with Gasteiger partial charge in [-0.1, -0.05) is 13.8 Å². The molecule has 0 aromatic carbocycles. The molecule has 2 saturated carbocycles. The molecule has 22 heavy (non-hydrogen) atoms. The van der Waals surface area contributed by atoms with Crippen LogP contribution in [0.5, 0.6) is 0 Å². The smallest absolute Gasteiger partial charge is 0.262 e. The van der Waals surface area contributed by atoms with Crippen LogP contribution in [-0.4, -0.2) is 23.2 Å². The van der Waals surface area contributed by atoms with Crippen molar-refractivity contribution in [2.24, 2.45) is 22.0 Å². The number of nitrogens with zero attached hydrogens (tertiary/aromatic N) is 2. The molecule has 0 radical (unpaired) electrons. The number of hydrogen-bond donors (Lipinski definition) is 2. The van der Waals surface area contributed by atoms with Crippen molar-refractivity contribution in [1.29, 1.82) is 0 Å². The van der Waals surface area contributed by atoms with E-state index in [4.69, 9.17) is 0 Å². The summed E-state index contributed by atoms with van der Waals surface area (Å²) in [5.74, 6) is -0.311. The van der Waals surface area contributed by atoms with Crippen molar-refractivity contribution in [3.63, 3.8) is 0 Å². The van der Waals surface area contributed by atoms with E-state index < -0.39 is 11.8 Å². The monoisotopic (exact) mass is 306 g/mol. The highest BCUT2D eigenvalue weighted by atomic mass is 16.2. The fraction of sp³-hybridized carbons (Fsp3) is 0.750. The molecule has 2 aliphatic rings. The van der Waals surface area contributed by atoms with Crippen molar-refractivity contribution in [3.8, 4) is 0 Å². The Morgan fingerprint density at radius 1 is 0.864 bits per heavy atom. The van der Waals surface area contributed by atoms with Crippen molar-refractivity contribution < 1.29 is 9.59 Å². The predicted octanol–water partition coefficient (Wildman–Crippen LogP) is 2.35. The molecule has 2 rings (SSSR count). The van der Waals surface area contributed by atoms with Gasteiger partial charge in [-0.25, -0.2) is 10.9 Å². The molecule has 0 aromatic heterocycles. The molecule has 2 N–H and O–H groups in total. The van der Waals surface area contributed by atoms with E-state index in [1.807, 2.05) is 0 Å². The summed E-state index contributed by atoms with van der Waals surface area (Å²) in [5, 5.41) is 8.14. The first-order chi connectivity index (χ1) is 10.5. The molecule has 122 valence electrons. The zero-order valence-corrected chi connectivity index (χ0v) is 13.5. The van der Waals surface area contributed by atoms with E-state index in [0.29, 0.717) is 11.8 Å². The molecule has 0 bridgehead atoms. The van der Waals surface area contributed by atoms with Gasteiger partial charge in [0.05, 0.1) is 0 Å². The maximum atomic E-state index is 11.7. The molecule has 6 nitrogen and oxygen atoms in total. The molecule has 2 atom stereocenters. The van der Waals surface area contributed by atoms with Gasteiger partial charge in [0.15, 0.2) is 0 Å². The van der Waals surface area contributed by atoms with Crippen LogP contribution in [0.3, 0.4) is 0 Å². The van der Waals surface area contributed by atoms with Crippen LogP contribution in [0.1, 0.15) is 65.2 Å². The molecule has 0 aromatic rings. The molecule has 0 heterocycles. The minimum atomic E-state index is -0.751. The lowest BCUT2D eigenvalue weighted by atomic mass is 9.89. The van der Waals surface area contributed by atoms with Crippen molar-refractivity contribution in [1.82, 2.24) is 10.9 Å². The highest BCUT2D eigenvalue weighted by Gasteiger charge is 2.18. The van der Waals surface area contributed by atoms with E-state index in [9.17, 15) is 9.59 Å². The number of hydrogen-bond acceptors (Lipinski definition) is 4. The van der Waals surface area contributed by atoms with Crippen LogP contribution >= 0.6 is 0 Å². The molecule has 0 spiro atoms. The van der Waals surface area contributed by atoms with Crippen LogP contribution in [0.2, 0.25) is 0 Å². The summed E-state index contributed by atoms with van der Waals surface area (Å²) < 4.78 is 0. The highest BCUT2D eigenvalue weighted by Crippen LogP contribution is 2.21. The Morgan fingerprint density at radius 2 is 1.27 bits per heavy atom. The first-order valence-electron chi connectivity index (χ1n) is 8.25. The van der Waals surface area contributed by atoms with Gasteiger partial charge in [-0.2, -0.15) is 10.2 Å². The second kappa shape index (κ2) is 8.06. The summed E-state index contributed by atoms with van der Waals surface area (Å²) in [6, 6.07) is 0. The topological polar surface area (TPSA) is 82.9 Å². The van der Waals surface area contributed by atoms with E-state index in [-0.39, 0.29) is 0 Å². The summed E-state index contributed by atoms with van der Waals surface area (Å²) in [4.78, 5) is 23.4. The van der Waals surface area contributed by atoms with Gasteiger partial charge in [-0.3, -0.25) is 9.59 Å². The molecule has 0 saturated heterocycles. The lowest BCUT2D eigenvalue weighted by molar-refractivity contribution is -0.139. The Morgan fingerprint density at radius 3 is 1.64 bits per heavy atom. The van der Waals surface area contributed by atoms with E-state index in [2.05, 4.69) is 34.9 Å². The van der Waals surface area contributed by atoms with Gasteiger partial charge in [0.2, 0.25) is 0 Å². The number of rotatable bonds is 2. The number of carbonyl (C=O) groups excluding carboxylic acids is 2. The highest BCUT2D eigenvalue weighted by molar-refractivity contribution is 6.35. The van der Waals surface area contributed by atoms with Gasteiger partial charge >= 0.3 is 11.8 Å². The molecular formula is C16H26N4O2. The van der Waals surface area contributed by atoms with Crippen molar-refractivity contribution in [3.05, 3.63) is 0 Å². The average molecular weight is 306 g/mol. The number of carbonyl (C=O) groups is 2. The zero-order valence-electron chi connectivity index (χ0n) is 13.5. The molecule has 2 amide bonds. The maximum Gasteiger partial charge on any atom is 0.331 e. The van der Waals surface area contributed by atoms with Gasteiger partial charge in [0.25, 0.3) is 0 Å². The number of amides is 2. The Labute approximate surface area is 131 Å². The fourth-order valence-corrected chi connectivity index (χ4v) is 3.09. The van der Waals surface area contributed by atoms with Gasteiger partial charge in [0, 0.05) is 11.4 Å². The minimum absolute atomic E-state index is 0.595. The summed E-state index contributed by atoms with van der Waals surface area (Å²) in [5.41, 5.74) is 6.60. The fourth-order valence-electron chi connectivity index (χ4n) is 3.09. The molecule has 2 unspecified atom stereocenters. The van der Waals surface area contributed by atoms with Crippen LogP contribution in [-0.2, 0) is 9.59 Å². The second-order valence-electron chi connectivity index (χ2n) is 6.64. The van der Waals surface area contributed by atoms with Crippen molar-refractivity contribution in [2.75, 3.05) is 0 Å². The molecule has 2 aliphatic carbocycles. The van der Waals surface area contributed by atoms with Crippen LogP contribution in [0.15, 0.2) is 10.2 Å². The third kappa shape index (κ3) is 5.24.